The van der Waals surface area contributed by atoms with Crippen molar-refractivity contribution in [3.05, 3.63) is 72.3 Å². The second kappa shape index (κ2) is 7.82. The molecule has 1 heteroatoms. The Hall–Kier alpha value is -2.28. The molecule has 1 nitrogen and oxygen atoms in total. The maximum absolute atomic E-state index is 6.09. The average Bonchev–Trinajstić information content (AvgIpc) is 2.60. The fourth-order valence-electron chi connectivity index (χ4n) is 2.89. The molecule has 0 amide bonds. The summed E-state index contributed by atoms with van der Waals surface area (Å²) >= 11 is 0. The summed E-state index contributed by atoms with van der Waals surface area (Å²) in [6.07, 6.45) is 6.39. The lowest BCUT2D eigenvalue weighted by atomic mass is 10.1. The molecule has 3 aromatic carbocycles. The van der Waals surface area contributed by atoms with Gasteiger partial charge in [0, 0.05) is 5.39 Å². The molecule has 0 spiro atoms. The molecule has 0 fully saturated rings. The Labute approximate surface area is 138 Å². The van der Waals surface area contributed by atoms with Crippen LogP contribution in [0.4, 0.5) is 0 Å². The van der Waals surface area contributed by atoms with Crippen LogP contribution >= 0.6 is 0 Å². The minimum absolute atomic E-state index is 0.902. The number of aryl methyl sites for hydroxylation is 1. The molecule has 0 aliphatic carbocycles. The van der Waals surface area contributed by atoms with Crippen molar-refractivity contribution in [3.8, 4) is 11.5 Å². The van der Waals surface area contributed by atoms with Crippen molar-refractivity contribution < 1.29 is 4.74 Å². The van der Waals surface area contributed by atoms with E-state index in [-0.39, 0.29) is 0 Å². The zero-order valence-corrected chi connectivity index (χ0v) is 13.8. The van der Waals surface area contributed by atoms with E-state index in [1.807, 2.05) is 12.1 Å². The van der Waals surface area contributed by atoms with E-state index in [1.165, 1.54) is 36.6 Å². The highest BCUT2D eigenvalue weighted by molar-refractivity contribution is 5.88. The zero-order chi connectivity index (χ0) is 15.9. The third kappa shape index (κ3) is 4.13. The fraction of sp³-hybridized carbons (Fsp3) is 0.273. The molecule has 0 atom stereocenters. The van der Waals surface area contributed by atoms with Gasteiger partial charge in [-0.1, -0.05) is 74.7 Å². The smallest absolute Gasteiger partial charge is 0.135 e. The largest absolute Gasteiger partial charge is 0.457 e. The predicted octanol–water partition coefficient (Wildman–Crippen LogP) is 6.75. The fourth-order valence-corrected chi connectivity index (χ4v) is 2.89. The Morgan fingerprint density at radius 1 is 0.739 bits per heavy atom. The first kappa shape index (κ1) is 15.6. The third-order valence-electron chi connectivity index (χ3n) is 4.22. The first-order chi connectivity index (χ1) is 11.4. The summed E-state index contributed by atoms with van der Waals surface area (Å²) in [6.45, 7) is 2.25. The molecule has 0 saturated carbocycles. The van der Waals surface area contributed by atoms with E-state index in [4.69, 9.17) is 4.74 Å². The van der Waals surface area contributed by atoms with Crippen LogP contribution in [-0.4, -0.2) is 0 Å². The maximum atomic E-state index is 6.09. The Morgan fingerprint density at radius 2 is 1.52 bits per heavy atom. The van der Waals surface area contributed by atoms with Gasteiger partial charge in [0.1, 0.15) is 11.5 Å². The maximum Gasteiger partial charge on any atom is 0.135 e. The van der Waals surface area contributed by atoms with E-state index in [0.29, 0.717) is 0 Å². The molecule has 0 aliphatic rings. The minimum Gasteiger partial charge on any atom is -0.457 e. The highest BCUT2D eigenvalue weighted by Gasteiger charge is 2.03. The minimum atomic E-state index is 0.902. The van der Waals surface area contributed by atoms with Crippen LogP contribution in [-0.2, 0) is 6.42 Å². The standard InChI is InChI=1S/C22H24O/c1-2-3-4-5-9-18-14-16-20(17-15-18)23-22-13-8-11-19-10-6-7-12-21(19)22/h6-8,10-17H,2-5,9H2,1H3. The lowest BCUT2D eigenvalue weighted by molar-refractivity contribution is 0.488. The lowest BCUT2D eigenvalue weighted by Gasteiger charge is -2.09. The average molecular weight is 304 g/mol. The molecular formula is C22H24O. The van der Waals surface area contributed by atoms with Crippen LogP contribution in [0.5, 0.6) is 11.5 Å². The first-order valence-corrected chi connectivity index (χ1v) is 8.61. The zero-order valence-electron chi connectivity index (χ0n) is 13.8. The number of unbranched alkanes of at least 4 members (excludes halogenated alkanes) is 3. The number of ether oxygens (including phenoxy) is 1. The highest BCUT2D eigenvalue weighted by Crippen LogP contribution is 2.29. The van der Waals surface area contributed by atoms with Crippen LogP contribution < -0.4 is 4.74 Å². The summed E-state index contributed by atoms with van der Waals surface area (Å²) in [5, 5.41) is 2.36. The van der Waals surface area contributed by atoms with Crippen LogP contribution in [0.15, 0.2) is 66.7 Å². The molecule has 0 aliphatic heterocycles. The van der Waals surface area contributed by atoms with Gasteiger partial charge in [-0.3, -0.25) is 0 Å². The van der Waals surface area contributed by atoms with E-state index in [0.717, 1.165) is 23.3 Å². The molecule has 0 bridgehead atoms. The van der Waals surface area contributed by atoms with Gasteiger partial charge in [0.15, 0.2) is 0 Å². The van der Waals surface area contributed by atoms with Gasteiger partial charge >= 0.3 is 0 Å². The normalized spacial score (nSPS) is 10.8. The Kier molecular flexibility index (Phi) is 5.31. The number of hydrogen-bond donors (Lipinski definition) is 0. The van der Waals surface area contributed by atoms with Crippen molar-refractivity contribution in [2.75, 3.05) is 0 Å². The second-order valence-corrected chi connectivity index (χ2v) is 6.03. The number of hydrogen-bond acceptors (Lipinski definition) is 1. The molecule has 3 aromatic rings. The molecule has 3 rings (SSSR count). The third-order valence-corrected chi connectivity index (χ3v) is 4.22. The van der Waals surface area contributed by atoms with E-state index in [1.54, 1.807) is 0 Å². The molecule has 0 radical (unpaired) electrons. The van der Waals surface area contributed by atoms with Crippen molar-refractivity contribution in [3.63, 3.8) is 0 Å². The van der Waals surface area contributed by atoms with Crippen LogP contribution in [0.1, 0.15) is 38.2 Å². The van der Waals surface area contributed by atoms with E-state index in [2.05, 4.69) is 61.5 Å². The molecule has 0 N–H and O–H groups in total. The predicted molar refractivity (Wildman–Crippen MR) is 98.3 cm³/mol. The van der Waals surface area contributed by atoms with Crippen LogP contribution in [0.2, 0.25) is 0 Å². The molecule has 0 heterocycles. The Balaban J connectivity index is 1.68. The summed E-state index contributed by atoms with van der Waals surface area (Å²) in [4.78, 5) is 0. The van der Waals surface area contributed by atoms with Crippen LogP contribution in [0.3, 0.4) is 0 Å². The lowest BCUT2D eigenvalue weighted by Crippen LogP contribution is -1.88. The van der Waals surface area contributed by atoms with Crippen molar-refractivity contribution >= 4 is 10.8 Å². The van der Waals surface area contributed by atoms with E-state index >= 15 is 0 Å². The van der Waals surface area contributed by atoms with Gasteiger partial charge in [0.25, 0.3) is 0 Å². The molecular weight excluding hydrogens is 280 g/mol. The van der Waals surface area contributed by atoms with Gasteiger partial charge < -0.3 is 4.74 Å². The van der Waals surface area contributed by atoms with Gasteiger partial charge in [-0.25, -0.2) is 0 Å². The van der Waals surface area contributed by atoms with Crippen LogP contribution in [0, 0.1) is 0 Å². The van der Waals surface area contributed by atoms with Crippen molar-refractivity contribution in [2.24, 2.45) is 0 Å². The molecule has 118 valence electrons. The summed E-state index contributed by atoms with van der Waals surface area (Å²) < 4.78 is 6.09. The van der Waals surface area contributed by atoms with Crippen molar-refractivity contribution in [1.29, 1.82) is 0 Å². The summed E-state index contributed by atoms with van der Waals surface area (Å²) in [7, 11) is 0. The monoisotopic (exact) mass is 304 g/mol. The molecule has 0 unspecified atom stereocenters. The highest BCUT2D eigenvalue weighted by atomic mass is 16.5. The second-order valence-electron chi connectivity index (χ2n) is 6.03. The van der Waals surface area contributed by atoms with Crippen molar-refractivity contribution in [1.82, 2.24) is 0 Å². The molecule has 0 aromatic heterocycles. The summed E-state index contributed by atoms with van der Waals surface area (Å²) in [6, 6.07) is 23.0. The number of rotatable bonds is 7. The molecule has 0 saturated heterocycles. The van der Waals surface area contributed by atoms with Gasteiger partial charge in [0.05, 0.1) is 0 Å². The first-order valence-electron chi connectivity index (χ1n) is 8.61. The van der Waals surface area contributed by atoms with Gasteiger partial charge in [-0.2, -0.15) is 0 Å². The number of fused-ring (bicyclic) bond motifs is 1. The quantitative estimate of drug-likeness (QED) is 0.438. The van der Waals surface area contributed by atoms with Crippen molar-refractivity contribution in [2.45, 2.75) is 39.0 Å². The topological polar surface area (TPSA) is 9.23 Å². The van der Waals surface area contributed by atoms with Gasteiger partial charge in [0.2, 0.25) is 0 Å². The summed E-state index contributed by atoms with van der Waals surface area (Å²) in [5.74, 6) is 1.82. The van der Waals surface area contributed by atoms with E-state index in [9.17, 15) is 0 Å². The Bertz CT molecular complexity index is 738. The Morgan fingerprint density at radius 3 is 2.35 bits per heavy atom. The summed E-state index contributed by atoms with van der Waals surface area (Å²) in [5.41, 5.74) is 1.39. The van der Waals surface area contributed by atoms with Crippen LogP contribution in [0.25, 0.3) is 10.8 Å². The molecule has 23 heavy (non-hydrogen) atoms. The van der Waals surface area contributed by atoms with Gasteiger partial charge in [-0.05, 0) is 42.0 Å². The van der Waals surface area contributed by atoms with E-state index < -0.39 is 0 Å². The van der Waals surface area contributed by atoms with Gasteiger partial charge in [-0.15, -0.1) is 0 Å². The SMILES string of the molecule is CCCCCCc1ccc(Oc2cccc3ccccc23)cc1. The number of benzene rings is 3.